The van der Waals surface area contributed by atoms with Crippen molar-refractivity contribution in [2.45, 2.75) is 26.4 Å². The van der Waals surface area contributed by atoms with Gasteiger partial charge in [-0.15, -0.1) is 0 Å². The first-order valence-corrected chi connectivity index (χ1v) is 5.32. The van der Waals surface area contributed by atoms with Crippen LogP contribution in [-0.4, -0.2) is 24.3 Å². The molecular formula is C12H20N2O. The van der Waals surface area contributed by atoms with Gasteiger partial charge in [0, 0.05) is 12.2 Å². The molecule has 1 rings (SSSR count). The lowest BCUT2D eigenvalue weighted by Gasteiger charge is -2.13. The molecule has 0 heterocycles. The van der Waals surface area contributed by atoms with Crippen molar-refractivity contribution in [1.29, 1.82) is 0 Å². The van der Waals surface area contributed by atoms with Crippen molar-refractivity contribution in [3.63, 3.8) is 0 Å². The van der Waals surface area contributed by atoms with Gasteiger partial charge in [-0.3, -0.25) is 0 Å². The lowest BCUT2D eigenvalue weighted by Crippen LogP contribution is -2.22. The number of anilines is 1. The minimum Gasteiger partial charge on any atom is -0.391 e. The molecule has 15 heavy (non-hydrogen) atoms. The summed E-state index contributed by atoms with van der Waals surface area (Å²) in [5.41, 5.74) is 8.89. The maximum atomic E-state index is 9.51. The summed E-state index contributed by atoms with van der Waals surface area (Å²) in [5, 5.41) is 12.7. The molecule has 3 heteroatoms. The van der Waals surface area contributed by atoms with Gasteiger partial charge in [-0.25, -0.2) is 0 Å². The van der Waals surface area contributed by atoms with E-state index in [1.54, 1.807) is 0 Å². The van der Waals surface area contributed by atoms with Gasteiger partial charge in [0.15, 0.2) is 0 Å². The third-order valence-corrected chi connectivity index (χ3v) is 2.41. The van der Waals surface area contributed by atoms with Crippen LogP contribution in [0, 0.1) is 13.8 Å². The number of aliphatic hydroxyl groups excluding tert-OH is 1. The van der Waals surface area contributed by atoms with Crippen LogP contribution >= 0.6 is 0 Å². The van der Waals surface area contributed by atoms with E-state index in [0.29, 0.717) is 19.5 Å². The summed E-state index contributed by atoms with van der Waals surface area (Å²) in [6, 6.07) is 6.22. The van der Waals surface area contributed by atoms with E-state index in [-0.39, 0.29) is 6.10 Å². The highest BCUT2D eigenvalue weighted by Gasteiger charge is 2.03. The average Bonchev–Trinajstić information content (AvgIpc) is 2.17. The largest absolute Gasteiger partial charge is 0.391 e. The Morgan fingerprint density at radius 2 is 2.13 bits per heavy atom. The molecule has 0 aliphatic rings. The first kappa shape index (κ1) is 12.0. The van der Waals surface area contributed by atoms with Crippen LogP contribution in [0.2, 0.25) is 0 Å². The van der Waals surface area contributed by atoms with Gasteiger partial charge < -0.3 is 16.2 Å². The first-order valence-electron chi connectivity index (χ1n) is 5.32. The molecule has 0 spiro atoms. The molecule has 84 valence electrons. The van der Waals surface area contributed by atoms with Crippen LogP contribution in [0.15, 0.2) is 18.2 Å². The molecule has 0 fully saturated rings. The summed E-state index contributed by atoms with van der Waals surface area (Å²) in [6.07, 6.45) is 0.272. The molecule has 0 bridgehead atoms. The fraction of sp³-hybridized carbons (Fsp3) is 0.500. The normalized spacial score (nSPS) is 12.5. The summed E-state index contributed by atoms with van der Waals surface area (Å²) in [4.78, 5) is 0. The number of rotatable bonds is 5. The van der Waals surface area contributed by atoms with Gasteiger partial charge >= 0.3 is 0 Å². The molecule has 0 saturated heterocycles. The number of aryl methyl sites for hydroxylation is 2. The summed E-state index contributed by atoms with van der Waals surface area (Å²) in [7, 11) is 0. The Morgan fingerprint density at radius 3 is 2.73 bits per heavy atom. The Hall–Kier alpha value is -1.06. The Bertz CT molecular complexity index is 312. The second-order valence-corrected chi connectivity index (χ2v) is 3.93. The molecule has 1 atom stereocenters. The van der Waals surface area contributed by atoms with Crippen molar-refractivity contribution >= 4 is 5.69 Å². The smallest absolute Gasteiger partial charge is 0.0724 e. The van der Waals surface area contributed by atoms with Gasteiger partial charge in [0.25, 0.3) is 0 Å². The quantitative estimate of drug-likeness (QED) is 0.686. The monoisotopic (exact) mass is 208 g/mol. The lowest BCUT2D eigenvalue weighted by atomic mass is 10.1. The lowest BCUT2D eigenvalue weighted by molar-refractivity contribution is 0.180. The molecular weight excluding hydrogens is 188 g/mol. The summed E-state index contributed by atoms with van der Waals surface area (Å²) >= 11 is 0. The molecule has 4 N–H and O–H groups in total. The molecule has 1 aromatic rings. The topological polar surface area (TPSA) is 58.3 Å². The highest BCUT2D eigenvalue weighted by atomic mass is 16.3. The van der Waals surface area contributed by atoms with E-state index in [2.05, 4.69) is 31.3 Å². The van der Waals surface area contributed by atoms with Gasteiger partial charge in [0.2, 0.25) is 0 Å². The van der Waals surface area contributed by atoms with Gasteiger partial charge in [-0.2, -0.15) is 0 Å². The van der Waals surface area contributed by atoms with Crippen LogP contribution < -0.4 is 11.1 Å². The standard InChI is InChI=1S/C12H20N2O/c1-9-3-4-12(10(2)7-9)14-8-11(15)5-6-13/h3-4,7,11,14-15H,5-6,8,13H2,1-2H3. The van der Waals surface area contributed by atoms with Gasteiger partial charge in [0.1, 0.15) is 0 Å². The van der Waals surface area contributed by atoms with Crippen molar-refractivity contribution in [3.05, 3.63) is 29.3 Å². The van der Waals surface area contributed by atoms with Crippen molar-refractivity contribution in [3.8, 4) is 0 Å². The Morgan fingerprint density at radius 1 is 1.40 bits per heavy atom. The van der Waals surface area contributed by atoms with Gasteiger partial charge in [-0.1, -0.05) is 17.7 Å². The van der Waals surface area contributed by atoms with Crippen LogP contribution in [0.1, 0.15) is 17.5 Å². The summed E-state index contributed by atoms with van der Waals surface area (Å²) in [6.45, 7) is 5.21. The van der Waals surface area contributed by atoms with Crippen LogP contribution in [0.3, 0.4) is 0 Å². The molecule has 0 radical (unpaired) electrons. The van der Waals surface area contributed by atoms with Gasteiger partial charge in [-0.05, 0) is 38.4 Å². The van der Waals surface area contributed by atoms with E-state index in [0.717, 1.165) is 5.69 Å². The predicted molar refractivity (Wildman–Crippen MR) is 64.1 cm³/mol. The molecule has 0 amide bonds. The average molecular weight is 208 g/mol. The van der Waals surface area contributed by atoms with E-state index in [1.807, 2.05) is 6.07 Å². The van der Waals surface area contributed by atoms with Crippen LogP contribution in [0.4, 0.5) is 5.69 Å². The number of nitrogens with two attached hydrogens (primary N) is 1. The number of benzene rings is 1. The second-order valence-electron chi connectivity index (χ2n) is 3.93. The first-order chi connectivity index (χ1) is 7.13. The van der Waals surface area contributed by atoms with Crippen molar-refractivity contribution < 1.29 is 5.11 Å². The van der Waals surface area contributed by atoms with Gasteiger partial charge in [0.05, 0.1) is 6.10 Å². The van der Waals surface area contributed by atoms with Crippen molar-refractivity contribution in [1.82, 2.24) is 0 Å². The zero-order valence-electron chi connectivity index (χ0n) is 9.46. The van der Waals surface area contributed by atoms with E-state index < -0.39 is 0 Å². The second kappa shape index (κ2) is 5.73. The highest BCUT2D eigenvalue weighted by Crippen LogP contribution is 2.15. The molecule has 1 unspecified atom stereocenters. The summed E-state index contributed by atoms with van der Waals surface area (Å²) < 4.78 is 0. The van der Waals surface area contributed by atoms with Crippen LogP contribution in [0.25, 0.3) is 0 Å². The predicted octanol–water partition coefficient (Wildman–Crippen LogP) is 1.43. The third-order valence-electron chi connectivity index (χ3n) is 2.41. The fourth-order valence-electron chi connectivity index (χ4n) is 1.53. The maximum Gasteiger partial charge on any atom is 0.0724 e. The Balaban J connectivity index is 2.50. The molecule has 1 aromatic carbocycles. The van der Waals surface area contributed by atoms with E-state index in [9.17, 15) is 5.11 Å². The maximum absolute atomic E-state index is 9.51. The minimum atomic E-state index is -0.365. The van der Waals surface area contributed by atoms with Crippen molar-refractivity contribution in [2.24, 2.45) is 5.73 Å². The fourth-order valence-corrected chi connectivity index (χ4v) is 1.53. The summed E-state index contributed by atoms with van der Waals surface area (Å²) in [5.74, 6) is 0. The number of nitrogens with one attached hydrogen (secondary N) is 1. The molecule has 0 aromatic heterocycles. The zero-order valence-corrected chi connectivity index (χ0v) is 9.46. The number of hydrogen-bond donors (Lipinski definition) is 3. The Kier molecular flexibility index (Phi) is 4.59. The third kappa shape index (κ3) is 3.90. The molecule has 0 aliphatic heterocycles. The van der Waals surface area contributed by atoms with E-state index >= 15 is 0 Å². The molecule has 0 aliphatic carbocycles. The van der Waals surface area contributed by atoms with Crippen LogP contribution in [-0.2, 0) is 0 Å². The van der Waals surface area contributed by atoms with Crippen LogP contribution in [0.5, 0.6) is 0 Å². The number of hydrogen-bond acceptors (Lipinski definition) is 3. The van der Waals surface area contributed by atoms with E-state index in [4.69, 9.17) is 5.73 Å². The molecule has 0 saturated carbocycles. The zero-order chi connectivity index (χ0) is 11.3. The molecule has 3 nitrogen and oxygen atoms in total. The Labute approximate surface area is 91.3 Å². The highest BCUT2D eigenvalue weighted by molar-refractivity contribution is 5.51. The SMILES string of the molecule is Cc1ccc(NCC(O)CCN)c(C)c1. The van der Waals surface area contributed by atoms with E-state index in [1.165, 1.54) is 11.1 Å². The minimum absolute atomic E-state index is 0.365. The number of aliphatic hydroxyl groups is 1. The van der Waals surface area contributed by atoms with Crippen molar-refractivity contribution in [2.75, 3.05) is 18.4 Å².